The number of hydrogen-bond acceptors (Lipinski definition) is 6. The third-order valence-corrected chi connectivity index (χ3v) is 4.88. The predicted octanol–water partition coefficient (Wildman–Crippen LogP) is 3.94. The summed E-state index contributed by atoms with van der Waals surface area (Å²) in [5.74, 6) is 4.09. The van der Waals surface area contributed by atoms with Crippen molar-refractivity contribution in [2.45, 2.75) is 33.4 Å². The van der Waals surface area contributed by atoms with Gasteiger partial charge in [0.1, 0.15) is 5.75 Å². The van der Waals surface area contributed by atoms with Crippen LogP contribution in [0.2, 0.25) is 0 Å². The molecule has 2 aromatic rings. The lowest BCUT2D eigenvalue weighted by Crippen LogP contribution is -2.38. The number of rotatable bonds is 11. The second kappa shape index (κ2) is 12.5. The van der Waals surface area contributed by atoms with E-state index in [0.717, 1.165) is 22.6 Å². The number of nitrogens with zero attached hydrogens (tertiary/aromatic N) is 1. The van der Waals surface area contributed by atoms with Gasteiger partial charge in [-0.2, -0.15) is 0 Å². The van der Waals surface area contributed by atoms with Crippen LogP contribution in [0.3, 0.4) is 0 Å². The molecule has 0 spiro atoms. The smallest absolute Gasteiger partial charge is 0.191 e. The van der Waals surface area contributed by atoms with Gasteiger partial charge in [0.2, 0.25) is 0 Å². The molecule has 0 radical (unpaired) electrons. The summed E-state index contributed by atoms with van der Waals surface area (Å²) in [6.07, 6.45) is 0. The van der Waals surface area contributed by atoms with E-state index in [-0.39, 0.29) is 6.04 Å². The fourth-order valence-corrected chi connectivity index (χ4v) is 3.23. The van der Waals surface area contributed by atoms with Crippen LogP contribution in [0.15, 0.2) is 35.3 Å². The lowest BCUT2D eigenvalue weighted by molar-refractivity contribution is 0.287. The third kappa shape index (κ3) is 6.35. The van der Waals surface area contributed by atoms with Crippen LogP contribution < -0.4 is 34.3 Å². The van der Waals surface area contributed by atoms with Gasteiger partial charge in [-0.15, -0.1) is 0 Å². The van der Waals surface area contributed by atoms with Gasteiger partial charge in [0.15, 0.2) is 29.0 Å². The molecule has 0 fully saturated rings. The molecule has 0 aliphatic carbocycles. The SMILES string of the molecule is CCOc1ccc(C(C)NC(=NC)NCc2cc(OC)c(OC)cc2OC)cc1OCC. The van der Waals surface area contributed by atoms with Crippen LogP contribution in [0.4, 0.5) is 0 Å². The first-order valence-corrected chi connectivity index (χ1v) is 10.7. The highest BCUT2D eigenvalue weighted by Gasteiger charge is 2.15. The molecule has 0 aromatic heterocycles. The van der Waals surface area contributed by atoms with Crippen molar-refractivity contribution >= 4 is 5.96 Å². The second-order valence-corrected chi connectivity index (χ2v) is 6.88. The van der Waals surface area contributed by atoms with E-state index in [1.165, 1.54) is 0 Å². The minimum absolute atomic E-state index is 0.0108. The maximum atomic E-state index is 5.75. The summed E-state index contributed by atoms with van der Waals surface area (Å²) in [7, 11) is 6.57. The molecule has 0 aliphatic heterocycles. The fourth-order valence-electron chi connectivity index (χ4n) is 3.23. The Labute approximate surface area is 190 Å². The highest BCUT2D eigenvalue weighted by Crippen LogP contribution is 2.34. The number of hydrogen-bond donors (Lipinski definition) is 2. The molecule has 0 aliphatic rings. The van der Waals surface area contributed by atoms with Crippen LogP contribution in [0.25, 0.3) is 0 Å². The lowest BCUT2D eigenvalue weighted by atomic mass is 10.1. The number of ether oxygens (including phenoxy) is 5. The van der Waals surface area contributed by atoms with Crippen LogP contribution in [0.1, 0.15) is 37.9 Å². The molecule has 2 rings (SSSR count). The molecule has 8 nitrogen and oxygen atoms in total. The Morgan fingerprint density at radius 2 is 1.47 bits per heavy atom. The first-order valence-electron chi connectivity index (χ1n) is 10.7. The Bertz CT molecular complexity index is 901. The molecule has 1 unspecified atom stereocenters. The minimum Gasteiger partial charge on any atom is -0.496 e. The molecule has 1 atom stereocenters. The van der Waals surface area contributed by atoms with Crippen LogP contribution in [-0.2, 0) is 6.54 Å². The van der Waals surface area contributed by atoms with Gasteiger partial charge >= 0.3 is 0 Å². The Morgan fingerprint density at radius 3 is 2.06 bits per heavy atom. The number of methoxy groups -OCH3 is 3. The maximum absolute atomic E-state index is 5.75. The zero-order valence-electron chi connectivity index (χ0n) is 20.1. The molecule has 0 heterocycles. The largest absolute Gasteiger partial charge is 0.496 e. The van der Waals surface area contributed by atoms with E-state index in [1.807, 2.05) is 44.2 Å². The lowest BCUT2D eigenvalue weighted by Gasteiger charge is -2.21. The molecule has 32 heavy (non-hydrogen) atoms. The van der Waals surface area contributed by atoms with Gasteiger partial charge in [0.25, 0.3) is 0 Å². The van der Waals surface area contributed by atoms with Gasteiger partial charge in [0.05, 0.1) is 40.6 Å². The van der Waals surface area contributed by atoms with Crippen molar-refractivity contribution in [2.75, 3.05) is 41.6 Å². The van der Waals surface area contributed by atoms with Crippen molar-refractivity contribution in [1.29, 1.82) is 0 Å². The van der Waals surface area contributed by atoms with E-state index in [2.05, 4.69) is 22.5 Å². The quantitative estimate of drug-likeness (QED) is 0.400. The van der Waals surface area contributed by atoms with Gasteiger partial charge in [-0.05, 0) is 44.5 Å². The van der Waals surface area contributed by atoms with Gasteiger partial charge in [-0.1, -0.05) is 6.07 Å². The monoisotopic (exact) mass is 445 g/mol. The summed E-state index contributed by atoms with van der Waals surface area (Å²) >= 11 is 0. The highest BCUT2D eigenvalue weighted by molar-refractivity contribution is 5.80. The molecular weight excluding hydrogens is 410 g/mol. The zero-order valence-corrected chi connectivity index (χ0v) is 20.1. The summed E-state index contributed by atoms with van der Waals surface area (Å²) < 4.78 is 27.7. The summed E-state index contributed by atoms with van der Waals surface area (Å²) in [4.78, 5) is 4.35. The number of benzene rings is 2. The maximum Gasteiger partial charge on any atom is 0.191 e. The van der Waals surface area contributed by atoms with E-state index in [4.69, 9.17) is 23.7 Å². The topological polar surface area (TPSA) is 82.6 Å². The molecular formula is C24H35N3O5. The standard InChI is InChI=1S/C24H35N3O5/c1-8-31-19-11-10-17(12-23(19)32-9-2)16(3)27-24(25-4)26-15-18-13-21(29-6)22(30-7)14-20(18)28-5/h10-14,16H,8-9,15H2,1-7H3,(H2,25,26,27). The van der Waals surface area contributed by atoms with Crippen LogP contribution in [-0.4, -0.2) is 47.6 Å². The third-order valence-electron chi connectivity index (χ3n) is 4.88. The van der Waals surface area contributed by atoms with E-state index < -0.39 is 0 Å². The molecule has 176 valence electrons. The zero-order chi connectivity index (χ0) is 23.5. The van der Waals surface area contributed by atoms with Crippen molar-refractivity contribution in [1.82, 2.24) is 10.6 Å². The van der Waals surface area contributed by atoms with Crippen molar-refractivity contribution in [3.05, 3.63) is 41.5 Å². The average molecular weight is 446 g/mol. The van der Waals surface area contributed by atoms with Gasteiger partial charge < -0.3 is 34.3 Å². The fraction of sp³-hybridized carbons (Fsp3) is 0.458. The van der Waals surface area contributed by atoms with Crippen molar-refractivity contribution in [2.24, 2.45) is 4.99 Å². The highest BCUT2D eigenvalue weighted by atomic mass is 16.5. The Kier molecular flexibility index (Phi) is 9.78. The number of nitrogens with one attached hydrogen (secondary N) is 2. The van der Waals surface area contributed by atoms with E-state index in [9.17, 15) is 0 Å². The summed E-state index contributed by atoms with van der Waals surface area (Å²) in [6.45, 7) is 7.62. The predicted molar refractivity (Wildman–Crippen MR) is 127 cm³/mol. The summed E-state index contributed by atoms with van der Waals surface area (Å²) in [5.41, 5.74) is 1.98. The van der Waals surface area contributed by atoms with Crippen molar-refractivity contribution < 1.29 is 23.7 Å². The number of aliphatic imine (C=N–C) groups is 1. The van der Waals surface area contributed by atoms with E-state index in [0.29, 0.717) is 43.0 Å². The van der Waals surface area contributed by atoms with Crippen molar-refractivity contribution in [3.8, 4) is 28.7 Å². The Hall–Kier alpha value is -3.29. The minimum atomic E-state index is -0.0108. The normalized spacial score (nSPS) is 12.0. The van der Waals surface area contributed by atoms with Crippen molar-refractivity contribution in [3.63, 3.8) is 0 Å². The first-order chi connectivity index (χ1) is 15.5. The Balaban J connectivity index is 2.12. The summed E-state index contributed by atoms with van der Waals surface area (Å²) in [6, 6.07) is 9.65. The van der Waals surface area contributed by atoms with E-state index >= 15 is 0 Å². The number of guanidine groups is 1. The molecule has 0 saturated heterocycles. The molecule has 2 aromatic carbocycles. The van der Waals surface area contributed by atoms with Gasteiger partial charge in [-0.3, -0.25) is 4.99 Å². The summed E-state index contributed by atoms with van der Waals surface area (Å²) in [5, 5.41) is 6.74. The molecule has 8 heteroatoms. The first kappa shape index (κ1) is 25.0. The second-order valence-electron chi connectivity index (χ2n) is 6.88. The van der Waals surface area contributed by atoms with Gasteiger partial charge in [-0.25, -0.2) is 0 Å². The van der Waals surface area contributed by atoms with E-state index in [1.54, 1.807) is 28.4 Å². The van der Waals surface area contributed by atoms with Crippen LogP contribution in [0, 0.1) is 0 Å². The van der Waals surface area contributed by atoms with Crippen LogP contribution >= 0.6 is 0 Å². The average Bonchev–Trinajstić information content (AvgIpc) is 2.82. The van der Waals surface area contributed by atoms with Gasteiger partial charge in [0, 0.05) is 25.2 Å². The van der Waals surface area contributed by atoms with Crippen LogP contribution in [0.5, 0.6) is 28.7 Å². The molecule has 2 N–H and O–H groups in total. The molecule has 0 bridgehead atoms. The Morgan fingerprint density at radius 1 is 0.844 bits per heavy atom. The molecule has 0 amide bonds. The molecule has 0 saturated carbocycles.